The zero-order valence-electron chi connectivity index (χ0n) is 22.4. The minimum absolute atomic E-state index is 0.0634. The third-order valence-corrected chi connectivity index (χ3v) is 8.56. The molecule has 0 saturated heterocycles. The van der Waals surface area contributed by atoms with Gasteiger partial charge in [-0.15, -0.1) is 0 Å². The van der Waals surface area contributed by atoms with Crippen LogP contribution in [-0.4, -0.2) is 29.5 Å². The van der Waals surface area contributed by atoms with Crippen LogP contribution in [-0.2, 0) is 33.3 Å². The van der Waals surface area contributed by atoms with Crippen LogP contribution in [0.3, 0.4) is 0 Å². The second-order valence-electron chi connectivity index (χ2n) is 9.83. The van der Waals surface area contributed by atoms with Crippen LogP contribution in [0.25, 0.3) is 0 Å². The van der Waals surface area contributed by atoms with Gasteiger partial charge in [-0.25, -0.2) is 18.1 Å². The Balaban J connectivity index is 1.36. The van der Waals surface area contributed by atoms with Crippen LogP contribution in [0, 0.1) is 0 Å². The Morgan fingerprint density at radius 3 is 1.80 bits per heavy atom. The van der Waals surface area contributed by atoms with Crippen molar-refractivity contribution >= 4 is 27.4 Å². The number of sulfonamides is 1. The van der Waals surface area contributed by atoms with E-state index in [4.69, 9.17) is 11.6 Å². The first-order valence-corrected chi connectivity index (χ1v) is 15.3. The summed E-state index contributed by atoms with van der Waals surface area (Å²) in [6, 6.07) is 37.6. The van der Waals surface area contributed by atoms with Gasteiger partial charge in [-0.05, 0) is 40.8 Å². The Hall–Kier alpha value is -4.04. The molecule has 0 saturated carbocycles. The molecule has 8 heteroatoms. The third-order valence-electron chi connectivity index (χ3n) is 7.02. The van der Waals surface area contributed by atoms with E-state index in [0.29, 0.717) is 17.1 Å². The molecule has 0 bridgehead atoms. The standard InChI is InChI=1S/C33H30ClN3O3S/c34-30-18-16-26(17-19-30)22-36-41(39,40)24-32(38)21-20-31-23-37(25-35-31)33(27-10-4-1-5-11-27,28-12-6-2-7-13-28)29-14-8-3-9-15-29/h1-19,23,25,36H,20-22,24H2. The van der Waals surface area contributed by atoms with Gasteiger partial charge >= 0.3 is 0 Å². The lowest BCUT2D eigenvalue weighted by atomic mass is 9.77. The van der Waals surface area contributed by atoms with Gasteiger partial charge in [0.05, 0.1) is 12.0 Å². The van der Waals surface area contributed by atoms with Gasteiger partial charge in [0.2, 0.25) is 10.0 Å². The SMILES string of the molecule is O=C(CCc1cn(C(c2ccccc2)(c2ccccc2)c2ccccc2)cn1)CS(=O)(=O)NCc1ccc(Cl)cc1. The van der Waals surface area contributed by atoms with Crippen molar-refractivity contribution in [1.29, 1.82) is 0 Å². The van der Waals surface area contributed by atoms with Crippen molar-refractivity contribution in [2.75, 3.05) is 5.75 Å². The number of hydrogen-bond donors (Lipinski definition) is 1. The average molecular weight is 584 g/mol. The van der Waals surface area contributed by atoms with Gasteiger partial charge in [0.15, 0.2) is 0 Å². The Bertz CT molecular complexity index is 1590. The zero-order valence-corrected chi connectivity index (χ0v) is 23.9. The first kappa shape index (κ1) is 28.5. The largest absolute Gasteiger partial charge is 0.319 e. The Morgan fingerprint density at radius 2 is 1.29 bits per heavy atom. The van der Waals surface area contributed by atoms with Gasteiger partial charge in [0, 0.05) is 24.2 Å². The topological polar surface area (TPSA) is 81.1 Å². The first-order chi connectivity index (χ1) is 19.9. The minimum Gasteiger partial charge on any atom is -0.319 e. The van der Waals surface area contributed by atoms with Crippen LogP contribution in [0.1, 0.15) is 34.4 Å². The smallest absolute Gasteiger partial charge is 0.219 e. The van der Waals surface area contributed by atoms with E-state index in [0.717, 1.165) is 22.3 Å². The molecule has 208 valence electrons. The van der Waals surface area contributed by atoms with Crippen molar-refractivity contribution < 1.29 is 13.2 Å². The molecule has 5 aromatic rings. The molecule has 0 atom stereocenters. The number of carbonyl (C=O) groups is 1. The van der Waals surface area contributed by atoms with Crippen molar-refractivity contribution in [1.82, 2.24) is 14.3 Å². The maximum absolute atomic E-state index is 12.7. The maximum Gasteiger partial charge on any atom is 0.219 e. The number of nitrogens with one attached hydrogen (secondary N) is 1. The lowest BCUT2D eigenvalue weighted by Crippen LogP contribution is -2.36. The highest BCUT2D eigenvalue weighted by molar-refractivity contribution is 7.90. The number of carbonyl (C=O) groups excluding carboxylic acids is 1. The lowest BCUT2D eigenvalue weighted by Gasteiger charge is -2.37. The van der Waals surface area contributed by atoms with Gasteiger partial charge in [0.25, 0.3) is 0 Å². The van der Waals surface area contributed by atoms with Crippen LogP contribution in [0.5, 0.6) is 0 Å². The number of nitrogens with zero attached hydrogens (tertiary/aromatic N) is 2. The summed E-state index contributed by atoms with van der Waals surface area (Å²) in [6.07, 6.45) is 4.13. The number of rotatable bonds is 12. The predicted octanol–water partition coefficient (Wildman–Crippen LogP) is 6.00. The summed E-state index contributed by atoms with van der Waals surface area (Å²) in [7, 11) is -3.78. The highest BCUT2D eigenvalue weighted by atomic mass is 35.5. The van der Waals surface area contributed by atoms with Crippen LogP contribution >= 0.6 is 11.6 Å². The van der Waals surface area contributed by atoms with Crippen molar-refractivity contribution in [2.24, 2.45) is 0 Å². The fourth-order valence-electron chi connectivity index (χ4n) is 5.06. The van der Waals surface area contributed by atoms with Crippen molar-refractivity contribution in [2.45, 2.75) is 24.9 Å². The number of ketones is 1. The fourth-order valence-corrected chi connectivity index (χ4v) is 6.24. The molecule has 6 nitrogen and oxygen atoms in total. The molecular weight excluding hydrogens is 554 g/mol. The molecule has 0 aliphatic rings. The van der Waals surface area contributed by atoms with Gasteiger partial charge in [0.1, 0.15) is 17.1 Å². The molecule has 0 aliphatic heterocycles. The van der Waals surface area contributed by atoms with Gasteiger partial charge in [-0.3, -0.25) is 4.79 Å². The van der Waals surface area contributed by atoms with E-state index in [1.54, 1.807) is 30.6 Å². The second kappa shape index (κ2) is 12.6. The number of aryl methyl sites for hydroxylation is 1. The number of aromatic nitrogens is 2. The molecule has 0 unspecified atom stereocenters. The van der Waals surface area contributed by atoms with E-state index in [9.17, 15) is 13.2 Å². The van der Waals surface area contributed by atoms with Gasteiger partial charge < -0.3 is 4.57 Å². The Morgan fingerprint density at radius 1 is 0.780 bits per heavy atom. The quantitative estimate of drug-likeness (QED) is 0.183. The number of Topliss-reactive ketones (excluding diaryl/α,β-unsaturated/α-hetero) is 1. The van der Waals surface area contributed by atoms with E-state index >= 15 is 0 Å². The molecule has 5 rings (SSSR count). The summed E-state index contributed by atoms with van der Waals surface area (Å²) in [5.41, 5.74) is 3.96. The first-order valence-electron chi connectivity index (χ1n) is 13.3. The summed E-state index contributed by atoms with van der Waals surface area (Å²) in [5.74, 6) is -0.952. The fraction of sp³-hybridized carbons (Fsp3) is 0.152. The molecule has 0 amide bonds. The number of hydrogen-bond acceptors (Lipinski definition) is 4. The molecule has 0 spiro atoms. The molecule has 1 N–H and O–H groups in total. The number of benzene rings is 4. The van der Waals surface area contributed by atoms with Crippen LogP contribution in [0.15, 0.2) is 128 Å². The molecule has 1 aromatic heterocycles. The van der Waals surface area contributed by atoms with Crippen LogP contribution in [0.4, 0.5) is 0 Å². The maximum atomic E-state index is 12.7. The van der Waals surface area contributed by atoms with E-state index < -0.39 is 21.3 Å². The van der Waals surface area contributed by atoms with E-state index in [1.165, 1.54) is 0 Å². The average Bonchev–Trinajstić information content (AvgIpc) is 3.47. The molecule has 41 heavy (non-hydrogen) atoms. The van der Waals surface area contributed by atoms with Crippen molar-refractivity contribution in [3.63, 3.8) is 0 Å². The van der Waals surface area contributed by atoms with E-state index in [-0.39, 0.29) is 18.7 Å². The summed E-state index contributed by atoms with van der Waals surface area (Å²) >= 11 is 5.89. The van der Waals surface area contributed by atoms with Gasteiger partial charge in [-0.2, -0.15) is 0 Å². The molecule has 0 fully saturated rings. The highest BCUT2D eigenvalue weighted by Gasteiger charge is 2.38. The summed E-state index contributed by atoms with van der Waals surface area (Å²) < 4.78 is 29.6. The molecule has 0 radical (unpaired) electrons. The number of imidazole rings is 1. The van der Waals surface area contributed by atoms with Crippen molar-refractivity contribution in [3.8, 4) is 0 Å². The predicted molar refractivity (Wildman–Crippen MR) is 162 cm³/mol. The summed E-state index contributed by atoms with van der Waals surface area (Å²) in [5, 5.41) is 0.572. The van der Waals surface area contributed by atoms with Crippen LogP contribution < -0.4 is 4.72 Å². The Kier molecular flexibility index (Phi) is 8.78. The van der Waals surface area contributed by atoms with Gasteiger partial charge in [-0.1, -0.05) is 115 Å². The summed E-state index contributed by atoms with van der Waals surface area (Å²) in [6.45, 7) is 0.0950. The number of halogens is 1. The van der Waals surface area contributed by atoms with Crippen molar-refractivity contribution in [3.05, 3.63) is 161 Å². The molecule has 4 aromatic carbocycles. The lowest BCUT2D eigenvalue weighted by molar-refractivity contribution is -0.116. The van der Waals surface area contributed by atoms with E-state index in [2.05, 4.69) is 50.7 Å². The normalized spacial score (nSPS) is 11.8. The monoisotopic (exact) mass is 583 g/mol. The zero-order chi connectivity index (χ0) is 28.7. The molecular formula is C33H30ClN3O3S. The van der Waals surface area contributed by atoms with Crippen LogP contribution in [0.2, 0.25) is 5.02 Å². The summed E-state index contributed by atoms with van der Waals surface area (Å²) in [4.78, 5) is 17.3. The third kappa shape index (κ3) is 6.65. The highest BCUT2D eigenvalue weighted by Crippen LogP contribution is 2.40. The Labute approximate surface area is 245 Å². The molecule has 0 aliphatic carbocycles. The second-order valence-corrected chi connectivity index (χ2v) is 12.1. The minimum atomic E-state index is -3.78. The molecule has 1 heterocycles. The van der Waals surface area contributed by atoms with E-state index in [1.807, 2.05) is 60.8 Å².